The summed E-state index contributed by atoms with van der Waals surface area (Å²) in [5.41, 5.74) is 7.21. The first-order valence-corrected chi connectivity index (χ1v) is 6.18. The number of benzene rings is 1. The van der Waals surface area contributed by atoms with Gasteiger partial charge in [-0.2, -0.15) is 8.42 Å². The highest BCUT2D eigenvalue weighted by molar-refractivity contribution is 7.79. The van der Waals surface area contributed by atoms with Crippen molar-refractivity contribution in [2.45, 2.75) is 13.0 Å². The number of carbonyl (C=O) groups is 1. The molecule has 0 saturated heterocycles. The van der Waals surface area contributed by atoms with Gasteiger partial charge in [-0.1, -0.05) is 12.1 Å². The van der Waals surface area contributed by atoms with Gasteiger partial charge in [-0.05, 0) is 24.6 Å². The molecular weight excluding hydrogens is 262 g/mol. The van der Waals surface area contributed by atoms with Gasteiger partial charge in [-0.25, -0.2) is 4.79 Å². The van der Waals surface area contributed by atoms with Gasteiger partial charge in [0.2, 0.25) is 0 Å². The predicted molar refractivity (Wildman–Crippen MR) is 64.6 cm³/mol. The first-order valence-electron chi connectivity index (χ1n) is 4.79. The number of carbonyl (C=O) groups excluding carboxylic acids is 1. The van der Waals surface area contributed by atoms with Crippen LogP contribution in [0, 0.1) is 0 Å². The molecule has 0 radical (unpaired) electrons. The highest BCUT2D eigenvalue weighted by Crippen LogP contribution is 2.11. The second-order valence-electron chi connectivity index (χ2n) is 3.35. The van der Waals surface area contributed by atoms with Crippen molar-refractivity contribution in [1.29, 1.82) is 0 Å². The minimum absolute atomic E-state index is 0.00769. The largest absolute Gasteiger partial charge is 0.465 e. The van der Waals surface area contributed by atoms with Crippen LogP contribution in [-0.2, 0) is 15.1 Å². The van der Waals surface area contributed by atoms with Gasteiger partial charge in [0.25, 0.3) is 0 Å². The molecule has 0 amide bonds. The molecule has 0 bridgehead atoms. The summed E-state index contributed by atoms with van der Waals surface area (Å²) >= 11 is 0. The van der Waals surface area contributed by atoms with E-state index in [0.717, 1.165) is 5.56 Å². The standard InChI is InChI=1S/C10H13NO2.H2O4S/c1-7(11)8-3-5-9(6-4-8)10(12)13-2;1-5(2,3)4/h3-7H,11H2,1-2H3;(H2,1,2,3,4)/t7-;/m1./s1. The van der Waals surface area contributed by atoms with Crippen LogP contribution >= 0.6 is 0 Å². The first kappa shape index (κ1) is 16.5. The Morgan fingerprint density at radius 1 is 1.28 bits per heavy atom. The van der Waals surface area contributed by atoms with Crippen LogP contribution in [0.25, 0.3) is 0 Å². The van der Waals surface area contributed by atoms with E-state index in [4.69, 9.17) is 23.3 Å². The van der Waals surface area contributed by atoms with Crippen LogP contribution in [0.3, 0.4) is 0 Å². The van der Waals surface area contributed by atoms with Crippen LogP contribution in [0.2, 0.25) is 0 Å². The molecule has 0 spiro atoms. The van der Waals surface area contributed by atoms with Gasteiger partial charge in [0.05, 0.1) is 12.7 Å². The van der Waals surface area contributed by atoms with E-state index in [9.17, 15) is 4.79 Å². The van der Waals surface area contributed by atoms with E-state index in [-0.39, 0.29) is 12.0 Å². The maximum Gasteiger partial charge on any atom is 0.394 e. The Morgan fingerprint density at radius 2 is 1.67 bits per heavy atom. The van der Waals surface area contributed by atoms with Gasteiger partial charge < -0.3 is 10.5 Å². The fourth-order valence-corrected chi connectivity index (χ4v) is 1.04. The van der Waals surface area contributed by atoms with Crippen LogP contribution in [0.15, 0.2) is 24.3 Å². The van der Waals surface area contributed by atoms with Crippen LogP contribution in [0.5, 0.6) is 0 Å². The molecule has 0 aliphatic heterocycles. The second kappa shape index (κ2) is 7.07. The van der Waals surface area contributed by atoms with E-state index >= 15 is 0 Å². The maximum absolute atomic E-state index is 11.0. The lowest BCUT2D eigenvalue weighted by Crippen LogP contribution is -2.06. The molecule has 0 aliphatic carbocycles. The van der Waals surface area contributed by atoms with Crippen molar-refractivity contribution in [3.8, 4) is 0 Å². The lowest BCUT2D eigenvalue weighted by Gasteiger charge is -2.05. The van der Waals surface area contributed by atoms with Crippen molar-refractivity contribution < 1.29 is 27.1 Å². The molecule has 4 N–H and O–H groups in total. The van der Waals surface area contributed by atoms with Gasteiger partial charge in [0.1, 0.15) is 0 Å². The normalized spacial score (nSPS) is 12.1. The highest BCUT2D eigenvalue weighted by Gasteiger charge is 2.05. The molecule has 0 unspecified atom stereocenters. The Balaban J connectivity index is 0.000000494. The molecule has 0 aromatic heterocycles. The van der Waals surface area contributed by atoms with E-state index in [0.29, 0.717) is 5.56 Å². The molecular formula is C10H15NO6S. The first-order chi connectivity index (χ1) is 8.15. The Bertz CT molecular complexity index is 472. The predicted octanol–water partition coefficient (Wildman–Crippen LogP) is 0.840. The van der Waals surface area contributed by atoms with Crippen molar-refractivity contribution in [1.82, 2.24) is 0 Å². The Hall–Kier alpha value is -1.48. The van der Waals surface area contributed by atoms with E-state index in [2.05, 4.69) is 4.74 Å². The lowest BCUT2D eigenvalue weighted by molar-refractivity contribution is 0.0600. The molecule has 1 atom stereocenters. The van der Waals surface area contributed by atoms with Gasteiger partial charge in [0.15, 0.2) is 0 Å². The summed E-state index contributed by atoms with van der Waals surface area (Å²) in [6.07, 6.45) is 0. The molecule has 1 rings (SSSR count). The summed E-state index contributed by atoms with van der Waals surface area (Å²) in [5, 5.41) is 0. The topological polar surface area (TPSA) is 127 Å². The molecule has 0 aliphatic rings. The molecule has 0 fully saturated rings. The maximum atomic E-state index is 11.0. The zero-order valence-electron chi connectivity index (χ0n) is 9.90. The summed E-state index contributed by atoms with van der Waals surface area (Å²) in [6, 6.07) is 7.08. The quantitative estimate of drug-likeness (QED) is 0.540. The summed E-state index contributed by atoms with van der Waals surface area (Å²) < 4.78 is 36.1. The number of rotatable bonds is 2. The Labute approximate surface area is 105 Å². The van der Waals surface area contributed by atoms with Gasteiger partial charge >= 0.3 is 16.4 Å². The number of esters is 1. The minimum atomic E-state index is -4.67. The van der Waals surface area contributed by atoms with Crippen molar-refractivity contribution in [3.63, 3.8) is 0 Å². The fraction of sp³-hybridized carbons (Fsp3) is 0.300. The summed E-state index contributed by atoms with van der Waals surface area (Å²) in [5.74, 6) is -0.323. The molecule has 1 aromatic carbocycles. The third-order valence-electron chi connectivity index (χ3n) is 1.86. The number of methoxy groups -OCH3 is 1. The lowest BCUT2D eigenvalue weighted by atomic mass is 10.1. The SMILES string of the molecule is COC(=O)c1ccc([C@@H](C)N)cc1.O=S(=O)(O)O. The molecule has 8 heteroatoms. The van der Waals surface area contributed by atoms with Crippen molar-refractivity contribution in [3.05, 3.63) is 35.4 Å². The third kappa shape index (κ3) is 7.74. The van der Waals surface area contributed by atoms with Crippen LogP contribution in [0.4, 0.5) is 0 Å². The van der Waals surface area contributed by atoms with E-state index < -0.39 is 10.4 Å². The van der Waals surface area contributed by atoms with E-state index in [1.54, 1.807) is 12.1 Å². The average Bonchev–Trinajstić information content (AvgIpc) is 2.26. The Morgan fingerprint density at radius 3 is 1.94 bits per heavy atom. The van der Waals surface area contributed by atoms with E-state index in [1.807, 2.05) is 19.1 Å². The minimum Gasteiger partial charge on any atom is -0.465 e. The fourth-order valence-electron chi connectivity index (χ4n) is 1.04. The smallest absolute Gasteiger partial charge is 0.394 e. The Kier molecular flexibility index (Phi) is 6.48. The van der Waals surface area contributed by atoms with Gasteiger partial charge in [-0.15, -0.1) is 0 Å². The summed E-state index contributed by atoms with van der Waals surface area (Å²) in [7, 11) is -3.30. The number of ether oxygens (including phenoxy) is 1. The van der Waals surface area contributed by atoms with Gasteiger partial charge in [0, 0.05) is 6.04 Å². The molecule has 1 aromatic rings. The zero-order valence-corrected chi connectivity index (χ0v) is 10.7. The summed E-state index contributed by atoms with van der Waals surface area (Å²) in [6.45, 7) is 1.90. The highest BCUT2D eigenvalue weighted by atomic mass is 32.3. The van der Waals surface area contributed by atoms with Crippen LogP contribution < -0.4 is 5.73 Å². The molecule has 0 heterocycles. The number of hydrogen-bond acceptors (Lipinski definition) is 5. The monoisotopic (exact) mass is 277 g/mol. The molecule has 7 nitrogen and oxygen atoms in total. The third-order valence-corrected chi connectivity index (χ3v) is 1.86. The second-order valence-corrected chi connectivity index (χ2v) is 4.25. The zero-order chi connectivity index (χ0) is 14.3. The average molecular weight is 277 g/mol. The number of hydrogen-bond donors (Lipinski definition) is 3. The molecule has 102 valence electrons. The van der Waals surface area contributed by atoms with Crippen LogP contribution in [-0.4, -0.2) is 30.6 Å². The van der Waals surface area contributed by atoms with Crippen LogP contribution in [0.1, 0.15) is 28.9 Å². The van der Waals surface area contributed by atoms with Crippen molar-refractivity contribution in [2.24, 2.45) is 5.73 Å². The molecule has 0 saturated carbocycles. The molecule has 18 heavy (non-hydrogen) atoms. The van der Waals surface area contributed by atoms with Crippen molar-refractivity contribution >= 4 is 16.4 Å². The number of nitrogens with two attached hydrogens (primary N) is 1. The van der Waals surface area contributed by atoms with Gasteiger partial charge in [-0.3, -0.25) is 9.11 Å². The van der Waals surface area contributed by atoms with E-state index in [1.165, 1.54) is 7.11 Å². The van der Waals surface area contributed by atoms with Crippen molar-refractivity contribution in [2.75, 3.05) is 7.11 Å². The summed E-state index contributed by atoms with van der Waals surface area (Å²) in [4.78, 5) is 11.0.